The molecule has 1 aromatic carbocycles. The quantitative estimate of drug-likeness (QED) is 0.729. The Morgan fingerprint density at radius 2 is 1.83 bits per heavy atom. The molecule has 0 radical (unpaired) electrons. The summed E-state index contributed by atoms with van der Waals surface area (Å²) in [4.78, 5) is 0. The molecule has 1 fully saturated rings. The molecule has 3 rings (SSSR count). The summed E-state index contributed by atoms with van der Waals surface area (Å²) in [6.07, 6.45) is 9.27. The van der Waals surface area contributed by atoms with Gasteiger partial charge >= 0.3 is 0 Å². The normalized spacial score (nSPS) is 16.9. The molecule has 18 heavy (non-hydrogen) atoms. The number of thiazole rings is 1. The topological polar surface area (TPSA) is 3.88 Å². The van der Waals surface area contributed by atoms with Crippen LogP contribution >= 0.6 is 11.3 Å². The fraction of sp³-hybridized carbons (Fsp3) is 0.438. The SMILES string of the molecule is c1ccc(C[n+]2ccsc2C2CCCCC2)cc1. The number of aromatic nitrogens is 1. The van der Waals surface area contributed by atoms with Gasteiger partial charge in [-0.25, -0.2) is 0 Å². The molecule has 1 aliphatic rings. The lowest BCUT2D eigenvalue weighted by Crippen LogP contribution is -2.37. The first-order chi connectivity index (χ1) is 8.93. The Hall–Kier alpha value is -1.15. The van der Waals surface area contributed by atoms with Crippen LogP contribution in [0.3, 0.4) is 0 Å². The van der Waals surface area contributed by atoms with Crippen molar-refractivity contribution in [1.82, 2.24) is 0 Å². The van der Waals surface area contributed by atoms with E-state index in [1.165, 1.54) is 37.7 Å². The first-order valence-corrected chi connectivity index (χ1v) is 7.82. The van der Waals surface area contributed by atoms with Gasteiger partial charge in [0.15, 0.2) is 12.7 Å². The smallest absolute Gasteiger partial charge is 0.188 e. The van der Waals surface area contributed by atoms with Crippen molar-refractivity contribution >= 4 is 11.3 Å². The van der Waals surface area contributed by atoms with Crippen LogP contribution in [0.15, 0.2) is 41.9 Å². The van der Waals surface area contributed by atoms with E-state index in [2.05, 4.69) is 46.5 Å². The monoisotopic (exact) mass is 258 g/mol. The molecule has 0 spiro atoms. The van der Waals surface area contributed by atoms with Gasteiger partial charge in [-0.1, -0.05) is 60.9 Å². The van der Waals surface area contributed by atoms with Crippen molar-refractivity contribution in [2.75, 3.05) is 0 Å². The largest absolute Gasteiger partial charge is 0.240 e. The van der Waals surface area contributed by atoms with E-state index < -0.39 is 0 Å². The second kappa shape index (κ2) is 5.66. The fourth-order valence-corrected chi connectivity index (χ4v) is 3.94. The zero-order valence-corrected chi connectivity index (χ0v) is 11.5. The van der Waals surface area contributed by atoms with E-state index in [4.69, 9.17) is 0 Å². The van der Waals surface area contributed by atoms with Crippen molar-refractivity contribution in [3.8, 4) is 0 Å². The Balaban J connectivity index is 1.78. The maximum absolute atomic E-state index is 2.45. The van der Waals surface area contributed by atoms with Crippen LogP contribution in [0.2, 0.25) is 0 Å². The van der Waals surface area contributed by atoms with Crippen molar-refractivity contribution in [2.45, 2.75) is 44.6 Å². The molecule has 0 atom stereocenters. The van der Waals surface area contributed by atoms with Gasteiger partial charge in [0.05, 0.1) is 11.3 Å². The highest BCUT2D eigenvalue weighted by Crippen LogP contribution is 2.32. The molecule has 1 heterocycles. The summed E-state index contributed by atoms with van der Waals surface area (Å²) in [6.45, 7) is 1.02. The van der Waals surface area contributed by atoms with Gasteiger partial charge in [0.1, 0.15) is 0 Å². The molecule has 0 aliphatic heterocycles. The Bertz CT molecular complexity index is 483. The minimum absolute atomic E-state index is 0.808. The maximum Gasteiger partial charge on any atom is 0.240 e. The van der Waals surface area contributed by atoms with E-state index in [9.17, 15) is 0 Å². The van der Waals surface area contributed by atoms with Crippen LogP contribution in [-0.2, 0) is 6.54 Å². The molecule has 0 amide bonds. The number of hydrogen-bond acceptors (Lipinski definition) is 1. The van der Waals surface area contributed by atoms with E-state index >= 15 is 0 Å². The molecule has 1 saturated carbocycles. The molecule has 2 aromatic rings. The summed E-state index contributed by atoms with van der Waals surface area (Å²) in [7, 11) is 0. The first-order valence-electron chi connectivity index (χ1n) is 6.94. The molecule has 0 unspecified atom stereocenters. The predicted octanol–water partition coefficient (Wildman–Crippen LogP) is 4.13. The van der Waals surface area contributed by atoms with Crippen LogP contribution in [0.25, 0.3) is 0 Å². The minimum atomic E-state index is 0.808. The van der Waals surface area contributed by atoms with E-state index in [0.717, 1.165) is 12.5 Å². The maximum atomic E-state index is 2.45. The fourth-order valence-electron chi connectivity index (χ4n) is 2.91. The first kappa shape index (κ1) is 11.9. The molecule has 1 nitrogen and oxygen atoms in total. The van der Waals surface area contributed by atoms with Crippen LogP contribution in [-0.4, -0.2) is 0 Å². The van der Waals surface area contributed by atoms with E-state index in [-0.39, 0.29) is 0 Å². The average molecular weight is 258 g/mol. The zero-order valence-electron chi connectivity index (χ0n) is 10.7. The van der Waals surface area contributed by atoms with E-state index in [1.807, 2.05) is 11.3 Å². The lowest BCUT2D eigenvalue weighted by atomic mass is 9.89. The van der Waals surface area contributed by atoms with Crippen LogP contribution in [0.4, 0.5) is 0 Å². The van der Waals surface area contributed by atoms with Gasteiger partial charge in [0.25, 0.3) is 0 Å². The lowest BCUT2D eigenvalue weighted by molar-refractivity contribution is -0.692. The van der Waals surface area contributed by atoms with Gasteiger partial charge in [-0.3, -0.25) is 0 Å². The Labute approximate surface area is 113 Å². The molecular formula is C16H20NS+. The summed E-state index contributed by atoms with van der Waals surface area (Å²) >= 11 is 1.94. The number of benzene rings is 1. The zero-order chi connectivity index (χ0) is 12.2. The number of hydrogen-bond donors (Lipinski definition) is 0. The molecule has 2 heteroatoms. The Kier molecular flexibility index (Phi) is 3.75. The van der Waals surface area contributed by atoms with Crippen molar-refractivity contribution in [2.24, 2.45) is 0 Å². The van der Waals surface area contributed by atoms with Gasteiger partial charge in [-0.2, -0.15) is 4.57 Å². The van der Waals surface area contributed by atoms with Crippen molar-refractivity contribution in [3.63, 3.8) is 0 Å². The third-order valence-electron chi connectivity index (χ3n) is 3.86. The number of rotatable bonds is 3. The summed E-state index contributed by atoms with van der Waals surface area (Å²) in [5.74, 6) is 0.808. The molecule has 1 aromatic heterocycles. The van der Waals surface area contributed by atoms with Crippen LogP contribution in [0.5, 0.6) is 0 Å². The summed E-state index contributed by atoms with van der Waals surface area (Å²) in [5.41, 5.74) is 1.40. The van der Waals surface area contributed by atoms with E-state index in [0.29, 0.717) is 0 Å². The minimum Gasteiger partial charge on any atom is -0.188 e. The Morgan fingerprint density at radius 3 is 2.61 bits per heavy atom. The molecule has 0 bridgehead atoms. The van der Waals surface area contributed by atoms with Gasteiger partial charge in [-0.15, -0.1) is 0 Å². The highest BCUT2D eigenvalue weighted by Gasteiger charge is 2.25. The molecule has 0 N–H and O–H groups in total. The van der Waals surface area contributed by atoms with Gasteiger partial charge in [-0.05, 0) is 12.8 Å². The van der Waals surface area contributed by atoms with Gasteiger partial charge in [0, 0.05) is 5.56 Å². The highest BCUT2D eigenvalue weighted by atomic mass is 32.1. The van der Waals surface area contributed by atoms with Crippen molar-refractivity contribution in [1.29, 1.82) is 0 Å². The highest BCUT2D eigenvalue weighted by molar-refractivity contribution is 7.09. The van der Waals surface area contributed by atoms with Crippen LogP contribution < -0.4 is 4.57 Å². The average Bonchev–Trinajstić information content (AvgIpc) is 2.89. The number of nitrogens with zero attached hydrogens (tertiary/aromatic N) is 1. The standard InChI is InChI=1S/C16H20NS/c1-3-7-14(8-4-1)13-17-11-12-18-16(17)15-9-5-2-6-10-15/h1,3-4,7-8,11-12,15H,2,5-6,9-10,13H2/q+1. The molecule has 1 aliphatic carbocycles. The van der Waals surface area contributed by atoms with Gasteiger partial charge in [0.2, 0.25) is 5.01 Å². The molecule has 0 saturated heterocycles. The third kappa shape index (κ3) is 2.64. The lowest BCUT2D eigenvalue weighted by Gasteiger charge is -2.17. The van der Waals surface area contributed by atoms with Crippen molar-refractivity contribution in [3.05, 3.63) is 52.5 Å². The second-order valence-corrected chi connectivity index (χ2v) is 6.12. The molecular weight excluding hydrogens is 238 g/mol. The molecule has 94 valence electrons. The van der Waals surface area contributed by atoms with Crippen molar-refractivity contribution < 1.29 is 4.57 Å². The summed E-state index contributed by atoms with van der Waals surface area (Å²) < 4.78 is 2.45. The third-order valence-corrected chi connectivity index (χ3v) is 4.93. The van der Waals surface area contributed by atoms with Gasteiger partial charge < -0.3 is 0 Å². The van der Waals surface area contributed by atoms with E-state index in [1.54, 1.807) is 5.01 Å². The summed E-state index contributed by atoms with van der Waals surface area (Å²) in [5, 5.41) is 3.82. The Morgan fingerprint density at radius 1 is 1.06 bits per heavy atom. The van der Waals surface area contributed by atoms with Crippen LogP contribution in [0, 0.1) is 0 Å². The second-order valence-electron chi connectivity index (χ2n) is 5.19. The predicted molar refractivity (Wildman–Crippen MR) is 75.9 cm³/mol. The van der Waals surface area contributed by atoms with Crippen LogP contribution in [0.1, 0.15) is 48.6 Å². The summed E-state index contributed by atoms with van der Waals surface area (Å²) in [6, 6.07) is 10.8.